The Morgan fingerprint density at radius 1 is 1.06 bits per heavy atom. The Morgan fingerprint density at radius 3 is 2.06 bits per heavy atom. The molecule has 0 unspecified atom stereocenters. The van der Waals surface area contributed by atoms with Gasteiger partial charge in [-0.15, -0.1) is 0 Å². The summed E-state index contributed by atoms with van der Waals surface area (Å²) in [5.74, 6) is -0.265. The van der Waals surface area contributed by atoms with Crippen molar-refractivity contribution in [2.75, 3.05) is 21.1 Å². The van der Waals surface area contributed by atoms with E-state index in [1.165, 1.54) is 22.8 Å². The van der Waals surface area contributed by atoms with Gasteiger partial charge in [-0.2, -0.15) is 0 Å². The maximum absolute atomic E-state index is 11.8. The summed E-state index contributed by atoms with van der Waals surface area (Å²) in [7, 11) is 5.01. The molecule has 0 aliphatic carbocycles. The second-order valence-corrected chi connectivity index (χ2v) is 4.21. The summed E-state index contributed by atoms with van der Waals surface area (Å²) < 4.78 is 0. The number of hydrogen-bond acceptors (Lipinski definition) is 2. The quantitative estimate of drug-likeness (QED) is 0.760. The average Bonchev–Trinajstić information content (AvgIpc) is 2.35. The highest BCUT2D eigenvalue weighted by molar-refractivity contribution is 5.97. The first-order chi connectivity index (χ1) is 8.43. The Morgan fingerprint density at radius 2 is 1.61 bits per heavy atom. The van der Waals surface area contributed by atoms with Gasteiger partial charge in [-0.05, 0) is 5.56 Å². The van der Waals surface area contributed by atoms with Crippen LogP contribution in [0.25, 0.3) is 5.70 Å². The molecule has 0 bridgehead atoms. The Bertz CT molecular complexity index is 464. The molecule has 0 aliphatic heterocycles. The highest BCUT2D eigenvalue weighted by Gasteiger charge is 2.13. The van der Waals surface area contributed by atoms with Crippen LogP contribution >= 0.6 is 0 Å². The molecule has 0 atom stereocenters. The van der Waals surface area contributed by atoms with E-state index in [-0.39, 0.29) is 11.8 Å². The van der Waals surface area contributed by atoms with Crippen molar-refractivity contribution in [3.8, 4) is 0 Å². The molecule has 0 heterocycles. The minimum Gasteiger partial charge on any atom is -0.345 e. The van der Waals surface area contributed by atoms with Gasteiger partial charge in [0.15, 0.2) is 0 Å². The summed E-state index contributed by atoms with van der Waals surface area (Å²) in [5.41, 5.74) is 1.44. The van der Waals surface area contributed by atoms with E-state index >= 15 is 0 Å². The maximum atomic E-state index is 11.8. The first-order valence-corrected chi connectivity index (χ1v) is 5.66. The summed E-state index contributed by atoms with van der Waals surface area (Å²) in [6.07, 6.45) is 1.47. The van der Waals surface area contributed by atoms with Gasteiger partial charge < -0.3 is 9.80 Å². The van der Waals surface area contributed by atoms with Gasteiger partial charge in [-0.1, -0.05) is 30.3 Å². The van der Waals surface area contributed by atoms with Crippen molar-refractivity contribution >= 4 is 17.5 Å². The lowest BCUT2D eigenvalue weighted by Crippen LogP contribution is -2.25. The molecule has 0 spiro atoms. The summed E-state index contributed by atoms with van der Waals surface area (Å²) in [4.78, 5) is 26.2. The van der Waals surface area contributed by atoms with E-state index in [1.54, 1.807) is 21.1 Å². The molecule has 0 saturated carbocycles. The van der Waals surface area contributed by atoms with Crippen LogP contribution in [0.5, 0.6) is 0 Å². The average molecular weight is 246 g/mol. The van der Waals surface area contributed by atoms with Crippen LogP contribution in [0.3, 0.4) is 0 Å². The van der Waals surface area contributed by atoms with Crippen molar-refractivity contribution in [1.82, 2.24) is 9.80 Å². The lowest BCUT2D eigenvalue weighted by Gasteiger charge is -2.20. The molecular formula is C14H18N2O2. The number of amides is 2. The van der Waals surface area contributed by atoms with Crippen LogP contribution in [0.4, 0.5) is 0 Å². The van der Waals surface area contributed by atoms with Crippen LogP contribution < -0.4 is 0 Å². The van der Waals surface area contributed by atoms with Crippen molar-refractivity contribution in [3.63, 3.8) is 0 Å². The Kier molecular flexibility index (Phi) is 4.66. The highest BCUT2D eigenvalue weighted by atomic mass is 16.2. The molecule has 0 radical (unpaired) electrons. The zero-order valence-electron chi connectivity index (χ0n) is 11.2. The van der Waals surface area contributed by atoms with Gasteiger partial charge in [0.05, 0.1) is 5.70 Å². The number of nitrogens with zero attached hydrogens (tertiary/aromatic N) is 2. The highest BCUT2D eigenvalue weighted by Crippen LogP contribution is 2.17. The van der Waals surface area contributed by atoms with Gasteiger partial charge in [0.1, 0.15) is 0 Å². The fourth-order valence-electron chi connectivity index (χ4n) is 1.40. The van der Waals surface area contributed by atoms with Gasteiger partial charge in [0.2, 0.25) is 11.8 Å². The lowest BCUT2D eigenvalue weighted by molar-refractivity contribution is -0.124. The minimum atomic E-state index is -0.151. The van der Waals surface area contributed by atoms with Crippen LogP contribution in [0.2, 0.25) is 0 Å². The molecule has 2 amide bonds. The summed E-state index contributed by atoms with van der Waals surface area (Å²) in [5, 5.41) is 0. The monoisotopic (exact) mass is 246 g/mol. The predicted molar refractivity (Wildman–Crippen MR) is 71.6 cm³/mol. The first-order valence-electron chi connectivity index (χ1n) is 5.66. The third-order valence-electron chi connectivity index (χ3n) is 2.60. The topological polar surface area (TPSA) is 40.6 Å². The molecule has 4 heteroatoms. The van der Waals surface area contributed by atoms with Crippen molar-refractivity contribution in [1.29, 1.82) is 0 Å². The number of carbonyl (C=O) groups is 2. The molecule has 18 heavy (non-hydrogen) atoms. The molecule has 0 aromatic heterocycles. The van der Waals surface area contributed by atoms with Gasteiger partial charge in [0, 0.05) is 34.1 Å². The zero-order valence-corrected chi connectivity index (χ0v) is 11.2. The van der Waals surface area contributed by atoms with Crippen molar-refractivity contribution in [2.24, 2.45) is 0 Å². The van der Waals surface area contributed by atoms with E-state index in [0.29, 0.717) is 5.70 Å². The zero-order chi connectivity index (χ0) is 13.7. The fraction of sp³-hybridized carbons (Fsp3) is 0.286. The molecule has 0 aliphatic rings. The van der Waals surface area contributed by atoms with Crippen molar-refractivity contribution < 1.29 is 9.59 Å². The molecule has 1 rings (SSSR count). The fourth-order valence-corrected chi connectivity index (χ4v) is 1.40. The Hall–Kier alpha value is -2.10. The van der Waals surface area contributed by atoms with Crippen LogP contribution in [0.15, 0.2) is 36.4 Å². The number of rotatable bonds is 3. The molecule has 1 aromatic carbocycles. The smallest absolute Gasteiger partial charge is 0.248 e. The number of carbonyl (C=O) groups excluding carboxylic acids is 2. The van der Waals surface area contributed by atoms with Crippen molar-refractivity contribution in [3.05, 3.63) is 42.0 Å². The molecule has 0 N–H and O–H groups in total. The third-order valence-corrected chi connectivity index (χ3v) is 2.60. The van der Waals surface area contributed by atoms with E-state index in [2.05, 4.69) is 0 Å². The van der Waals surface area contributed by atoms with Gasteiger partial charge >= 0.3 is 0 Å². The van der Waals surface area contributed by atoms with E-state index in [4.69, 9.17) is 0 Å². The van der Waals surface area contributed by atoms with Crippen LogP contribution in [-0.4, -0.2) is 42.8 Å². The molecule has 1 aromatic rings. The van der Waals surface area contributed by atoms with Crippen LogP contribution in [0.1, 0.15) is 12.5 Å². The number of hydrogen-bond donors (Lipinski definition) is 0. The molecule has 4 nitrogen and oxygen atoms in total. The van der Waals surface area contributed by atoms with E-state index < -0.39 is 0 Å². The standard InChI is InChI=1S/C14H18N2O2/c1-11(17)16(4)13(10-14(18)15(2)3)12-8-6-5-7-9-12/h5-10H,1-4H3/b13-10-. The second-order valence-electron chi connectivity index (χ2n) is 4.21. The predicted octanol–water partition coefficient (Wildman–Crippen LogP) is 1.59. The SMILES string of the molecule is CC(=O)N(C)/C(=C\C(=O)N(C)C)c1ccccc1. The largest absolute Gasteiger partial charge is 0.345 e. The summed E-state index contributed by atoms with van der Waals surface area (Å²) in [6, 6.07) is 9.37. The van der Waals surface area contributed by atoms with E-state index in [0.717, 1.165) is 5.56 Å². The first kappa shape index (κ1) is 14.0. The van der Waals surface area contributed by atoms with Gasteiger partial charge in [-0.3, -0.25) is 9.59 Å². The molecule has 96 valence electrons. The van der Waals surface area contributed by atoms with Crippen molar-refractivity contribution in [2.45, 2.75) is 6.92 Å². The van der Waals surface area contributed by atoms with Gasteiger partial charge in [-0.25, -0.2) is 0 Å². The van der Waals surface area contributed by atoms with Gasteiger partial charge in [0.25, 0.3) is 0 Å². The number of likely N-dealkylation sites (N-methyl/N-ethyl adjacent to an activating group) is 1. The summed E-state index contributed by atoms with van der Waals surface area (Å²) >= 11 is 0. The van der Waals surface area contributed by atoms with Crippen LogP contribution in [-0.2, 0) is 9.59 Å². The molecular weight excluding hydrogens is 228 g/mol. The van der Waals surface area contributed by atoms with Crippen LogP contribution in [0, 0.1) is 0 Å². The molecule has 0 saturated heterocycles. The third kappa shape index (κ3) is 3.45. The minimum absolute atomic E-state index is 0.114. The molecule has 0 fully saturated rings. The lowest BCUT2D eigenvalue weighted by atomic mass is 10.1. The maximum Gasteiger partial charge on any atom is 0.248 e. The number of benzene rings is 1. The van der Waals surface area contributed by atoms with E-state index in [1.807, 2.05) is 30.3 Å². The Labute approximate surface area is 108 Å². The second kappa shape index (κ2) is 6.00. The van der Waals surface area contributed by atoms with E-state index in [9.17, 15) is 9.59 Å². The summed E-state index contributed by atoms with van der Waals surface area (Å²) in [6.45, 7) is 1.47. The normalized spacial score (nSPS) is 11.0. The Balaban J connectivity index is 3.19.